The average molecular weight is 300 g/mol. The van der Waals surface area contributed by atoms with E-state index in [-0.39, 0.29) is 5.54 Å². The highest BCUT2D eigenvalue weighted by atomic mass is 79.9. The normalized spacial score (nSPS) is 21.7. The highest BCUT2D eigenvalue weighted by molar-refractivity contribution is 9.10. The van der Waals surface area contributed by atoms with Crippen molar-refractivity contribution in [3.05, 3.63) is 69.7 Å². The van der Waals surface area contributed by atoms with Gasteiger partial charge in [0.15, 0.2) is 0 Å². The summed E-state index contributed by atoms with van der Waals surface area (Å²) in [7, 11) is 0. The Morgan fingerprint density at radius 1 is 1.11 bits per heavy atom. The van der Waals surface area contributed by atoms with Crippen LogP contribution in [0.3, 0.4) is 0 Å². The predicted molar refractivity (Wildman–Crippen MR) is 79.2 cm³/mol. The quantitative estimate of drug-likeness (QED) is 0.743. The van der Waals surface area contributed by atoms with Crippen molar-refractivity contribution in [3.63, 3.8) is 0 Å². The number of hydrogen-bond donors (Lipinski definition) is 0. The molecule has 18 heavy (non-hydrogen) atoms. The number of hydrogen-bond acceptors (Lipinski definition) is 1. The van der Waals surface area contributed by atoms with E-state index in [4.69, 9.17) is 4.99 Å². The van der Waals surface area contributed by atoms with Crippen molar-refractivity contribution in [2.75, 3.05) is 0 Å². The van der Waals surface area contributed by atoms with Crippen molar-refractivity contribution < 1.29 is 0 Å². The zero-order valence-corrected chi connectivity index (χ0v) is 11.8. The lowest BCUT2D eigenvalue weighted by atomic mass is 9.83. The summed E-state index contributed by atoms with van der Waals surface area (Å²) >= 11 is 3.53. The Hall–Kier alpha value is -1.41. The second kappa shape index (κ2) is 4.36. The van der Waals surface area contributed by atoms with Gasteiger partial charge in [-0.25, -0.2) is 0 Å². The molecule has 0 N–H and O–H groups in total. The van der Waals surface area contributed by atoms with Gasteiger partial charge in [-0.2, -0.15) is 0 Å². The van der Waals surface area contributed by atoms with E-state index in [1.54, 1.807) is 0 Å². The van der Waals surface area contributed by atoms with Gasteiger partial charge in [0.1, 0.15) is 0 Å². The summed E-state index contributed by atoms with van der Waals surface area (Å²) in [6.45, 7) is 2.20. The zero-order chi connectivity index (χ0) is 12.6. The second-order valence-electron chi connectivity index (χ2n) is 4.92. The van der Waals surface area contributed by atoms with Crippen LogP contribution in [-0.4, -0.2) is 6.21 Å². The first-order chi connectivity index (χ1) is 8.67. The lowest BCUT2D eigenvalue weighted by Crippen LogP contribution is -2.26. The largest absolute Gasteiger partial charge is 0.281 e. The molecule has 0 saturated heterocycles. The molecule has 2 aromatic rings. The van der Waals surface area contributed by atoms with Crippen LogP contribution in [0, 0.1) is 0 Å². The third-order valence-electron chi connectivity index (χ3n) is 3.52. The zero-order valence-electron chi connectivity index (χ0n) is 10.2. The van der Waals surface area contributed by atoms with Crippen LogP contribution in [0.4, 0.5) is 0 Å². The molecular formula is C16H14BrN. The molecule has 1 nitrogen and oxygen atoms in total. The standard InChI is InChI=1S/C16H14BrN/c1-16(14-7-4-8-15(17)9-14)10-12-5-2-3-6-13(12)11-18-16/h2-9,11H,10H2,1H3. The molecule has 3 rings (SSSR count). The van der Waals surface area contributed by atoms with Crippen molar-refractivity contribution in [1.82, 2.24) is 0 Å². The number of nitrogens with zero attached hydrogens (tertiary/aromatic N) is 1. The Labute approximate surface area is 116 Å². The fourth-order valence-electron chi connectivity index (χ4n) is 2.45. The van der Waals surface area contributed by atoms with Gasteiger partial charge in [0.2, 0.25) is 0 Å². The van der Waals surface area contributed by atoms with Gasteiger partial charge in [-0.3, -0.25) is 4.99 Å². The molecule has 1 aliphatic rings. The molecule has 1 unspecified atom stereocenters. The Bertz CT molecular complexity index is 618. The van der Waals surface area contributed by atoms with Gasteiger partial charge in [0.25, 0.3) is 0 Å². The molecule has 2 heteroatoms. The van der Waals surface area contributed by atoms with Crippen molar-refractivity contribution in [2.24, 2.45) is 4.99 Å². The van der Waals surface area contributed by atoms with Gasteiger partial charge < -0.3 is 0 Å². The van der Waals surface area contributed by atoms with E-state index in [1.807, 2.05) is 12.3 Å². The van der Waals surface area contributed by atoms with Crippen LogP contribution >= 0.6 is 15.9 Å². The third kappa shape index (κ3) is 2.01. The summed E-state index contributed by atoms with van der Waals surface area (Å²) in [5.41, 5.74) is 3.71. The molecule has 0 saturated carbocycles. The first-order valence-electron chi connectivity index (χ1n) is 6.07. The minimum Gasteiger partial charge on any atom is -0.281 e. The SMILES string of the molecule is CC1(c2cccc(Br)c2)Cc2ccccc2C=N1. The minimum absolute atomic E-state index is 0.155. The van der Waals surface area contributed by atoms with E-state index in [0.29, 0.717) is 0 Å². The fraction of sp³-hybridized carbons (Fsp3) is 0.188. The minimum atomic E-state index is -0.155. The molecule has 0 radical (unpaired) electrons. The summed E-state index contributed by atoms with van der Waals surface area (Å²) in [6.07, 6.45) is 2.95. The fourth-order valence-corrected chi connectivity index (χ4v) is 2.85. The van der Waals surface area contributed by atoms with Crippen LogP contribution in [0.1, 0.15) is 23.6 Å². The highest BCUT2D eigenvalue weighted by Gasteiger charge is 2.29. The number of aliphatic imine (C=N–C) groups is 1. The molecule has 90 valence electrons. The first-order valence-corrected chi connectivity index (χ1v) is 6.86. The molecule has 0 bridgehead atoms. The Kier molecular flexibility index (Phi) is 2.83. The van der Waals surface area contributed by atoms with Gasteiger partial charge in [-0.05, 0) is 35.7 Å². The highest BCUT2D eigenvalue weighted by Crippen LogP contribution is 2.34. The maximum atomic E-state index is 4.77. The van der Waals surface area contributed by atoms with Gasteiger partial charge in [0, 0.05) is 17.1 Å². The van der Waals surface area contributed by atoms with Crippen molar-refractivity contribution in [2.45, 2.75) is 18.9 Å². The van der Waals surface area contributed by atoms with Gasteiger partial charge >= 0.3 is 0 Å². The average Bonchev–Trinajstić information content (AvgIpc) is 2.38. The summed E-state index contributed by atoms with van der Waals surface area (Å²) in [5, 5.41) is 0. The molecule has 0 amide bonds. The predicted octanol–water partition coefficient (Wildman–Crippen LogP) is 4.34. The van der Waals surface area contributed by atoms with Gasteiger partial charge in [-0.15, -0.1) is 0 Å². The van der Waals surface area contributed by atoms with Crippen LogP contribution in [-0.2, 0) is 12.0 Å². The summed E-state index contributed by atoms with van der Waals surface area (Å²) in [5.74, 6) is 0. The number of benzene rings is 2. The topological polar surface area (TPSA) is 12.4 Å². The van der Waals surface area contributed by atoms with Crippen LogP contribution < -0.4 is 0 Å². The maximum absolute atomic E-state index is 4.77. The summed E-state index contributed by atoms with van der Waals surface area (Å²) in [4.78, 5) is 4.77. The van der Waals surface area contributed by atoms with E-state index in [2.05, 4.69) is 65.3 Å². The Balaban J connectivity index is 2.04. The second-order valence-corrected chi connectivity index (χ2v) is 5.83. The molecule has 1 aliphatic heterocycles. The van der Waals surface area contributed by atoms with Crippen molar-refractivity contribution in [3.8, 4) is 0 Å². The van der Waals surface area contributed by atoms with Gasteiger partial charge in [-0.1, -0.05) is 52.3 Å². The molecule has 0 spiro atoms. The Morgan fingerprint density at radius 2 is 1.94 bits per heavy atom. The van der Waals surface area contributed by atoms with Crippen LogP contribution in [0.15, 0.2) is 58.0 Å². The number of halogens is 1. The van der Waals surface area contributed by atoms with E-state index in [9.17, 15) is 0 Å². The van der Waals surface area contributed by atoms with Crippen molar-refractivity contribution in [1.29, 1.82) is 0 Å². The Morgan fingerprint density at radius 3 is 2.78 bits per heavy atom. The monoisotopic (exact) mass is 299 g/mol. The first kappa shape index (κ1) is 11.7. The van der Waals surface area contributed by atoms with E-state index < -0.39 is 0 Å². The lowest BCUT2D eigenvalue weighted by molar-refractivity contribution is 0.491. The van der Waals surface area contributed by atoms with E-state index >= 15 is 0 Å². The molecule has 0 aliphatic carbocycles. The van der Waals surface area contributed by atoms with E-state index in [1.165, 1.54) is 16.7 Å². The molecule has 0 fully saturated rings. The summed E-state index contributed by atoms with van der Waals surface area (Å²) in [6, 6.07) is 16.9. The van der Waals surface area contributed by atoms with Gasteiger partial charge in [0.05, 0.1) is 5.54 Å². The molecule has 0 aromatic heterocycles. The van der Waals surface area contributed by atoms with E-state index in [0.717, 1.165) is 10.9 Å². The van der Waals surface area contributed by atoms with Crippen molar-refractivity contribution >= 4 is 22.1 Å². The van der Waals surface area contributed by atoms with Crippen LogP contribution in [0.25, 0.3) is 0 Å². The number of fused-ring (bicyclic) bond motifs is 1. The molecule has 1 heterocycles. The number of rotatable bonds is 1. The smallest absolute Gasteiger partial charge is 0.0869 e. The van der Waals surface area contributed by atoms with Crippen LogP contribution in [0.2, 0.25) is 0 Å². The lowest BCUT2D eigenvalue weighted by Gasteiger charge is -2.30. The molecule has 2 aromatic carbocycles. The van der Waals surface area contributed by atoms with Crippen LogP contribution in [0.5, 0.6) is 0 Å². The maximum Gasteiger partial charge on any atom is 0.0869 e. The third-order valence-corrected chi connectivity index (χ3v) is 4.02. The molecule has 1 atom stereocenters. The molecular weight excluding hydrogens is 286 g/mol. The summed E-state index contributed by atoms with van der Waals surface area (Å²) < 4.78 is 1.11.